The van der Waals surface area contributed by atoms with Crippen LogP contribution >= 0.6 is 0 Å². The van der Waals surface area contributed by atoms with Crippen molar-refractivity contribution in [2.45, 2.75) is 31.8 Å². The van der Waals surface area contributed by atoms with Crippen molar-refractivity contribution < 1.29 is 9.18 Å². The van der Waals surface area contributed by atoms with Gasteiger partial charge in [-0.2, -0.15) is 10.4 Å². The average molecular weight is 419 g/mol. The molecule has 1 aromatic heterocycles. The molecule has 4 rings (SSSR count). The number of halogens is 1. The summed E-state index contributed by atoms with van der Waals surface area (Å²) in [6.45, 7) is 2.80. The first-order valence-electron chi connectivity index (χ1n) is 10.2. The third-order valence-electron chi connectivity index (χ3n) is 5.58. The first-order chi connectivity index (χ1) is 15.0. The number of rotatable bonds is 6. The smallest absolute Gasteiger partial charge is 0.272 e. The van der Waals surface area contributed by atoms with Gasteiger partial charge >= 0.3 is 0 Å². The monoisotopic (exact) mass is 419 g/mol. The number of hydrogen-bond donors (Lipinski definition) is 2. The number of likely N-dealkylation sites (tertiary alicyclic amines) is 1. The average Bonchev–Trinajstić information content (AvgIpc) is 2.76. The third-order valence-corrected chi connectivity index (χ3v) is 5.58. The van der Waals surface area contributed by atoms with Crippen molar-refractivity contribution in [2.24, 2.45) is 0 Å². The van der Waals surface area contributed by atoms with Crippen molar-refractivity contribution in [1.29, 1.82) is 5.26 Å². The van der Waals surface area contributed by atoms with Crippen LogP contribution in [0, 0.1) is 17.1 Å². The lowest BCUT2D eigenvalue weighted by Gasteiger charge is -2.40. The minimum Gasteiger partial charge on any atom is -0.335 e. The SMILES string of the molecule is CCC(C#N)NC1CN(C(=O)c2cc(Cc3n[nH]c(=O)c4ccccc34)ccc2F)C1. The molecule has 1 amide bonds. The number of aromatic amines is 1. The molecule has 2 heterocycles. The van der Waals surface area contributed by atoms with Gasteiger partial charge in [-0.05, 0) is 30.2 Å². The van der Waals surface area contributed by atoms with E-state index in [1.54, 1.807) is 29.2 Å². The van der Waals surface area contributed by atoms with Crippen LogP contribution in [0.1, 0.15) is 35.0 Å². The lowest BCUT2D eigenvalue weighted by atomic mass is 10.0. The molecule has 3 aromatic rings. The molecule has 1 saturated heterocycles. The highest BCUT2D eigenvalue weighted by molar-refractivity contribution is 5.95. The van der Waals surface area contributed by atoms with Gasteiger partial charge in [-0.15, -0.1) is 0 Å². The van der Waals surface area contributed by atoms with Gasteiger partial charge in [-0.3, -0.25) is 14.9 Å². The Labute approximate surface area is 178 Å². The maximum absolute atomic E-state index is 14.4. The molecule has 0 radical (unpaired) electrons. The normalized spacial score (nSPS) is 14.8. The molecular formula is C23H22FN5O2. The zero-order chi connectivity index (χ0) is 22.0. The number of aromatic nitrogens is 2. The fraction of sp³-hybridized carbons (Fsp3) is 0.304. The summed E-state index contributed by atoms with van der Waals surface area (Å²) in [5.74, 6) is -0.949. The van der Waals surface area contributed by atoms with Crippen LogP contribution in [0.25, 0.3) is 10.8 Å². The second-order valence-electron chi connectivity index (χ2n) is 7.70. The van der Waals surface area contributed by atoms with Gasteiger partial charge < -0.3 is 4.90 Å². The summed E-state index contributed by atoms with van der Waals surface area (Å²) in [7, 11) is 0. The highest BCUT2D eigenvalue weighted by Crippen LogP contribution is 2.21. The molecule has 31 heavy (non-hydrogen) atoms. The Kier molecular flexibility index (Phi) is 5.78. The predicted molar refractivity (Wildman–Crippen MR) is 114 cm³/mol. The molecule has 1 unspecified atom stereocenters. The summed E-state index contributed by atoms with van der Waals surface area (Å²) >= 11 is 0. The molecular weight excluding hydrogens is 397 g/mol. The molecule has 0 saturated carbocycles. The van der Waals surface area contributed by atoms with Gasteiger partial charge in [-0.25, -0.2) is 9.49 Å². The van der Waals surface area contributed by atoms with Crippen molar-refractivity contribution >= 4 is 16.7 Å². The molecule has 1 fully saturated rings. The number of nitrogens with zero attached hydrogens (tertiary/aromatic N) is 3. The fourth-order valence-electron chi connectivity index (χ4n) is 3.80. The summed E-state index contributed by atoms with van der Waals surface area (Å²) in [6.07, 6.45) is 1.04. The van der Waals surface area contributed by atoms with Crippen LogP contribution < -0.4 is 10.9 Å². The minimum atomic E-state index is -0.576. The summed E-state index contributed by atoms with van der Waals surface area (Å²) in [4.78, 5) is 26.4. The number of fused-ring (bicyclic) bond motifs is 1. The van der Waals surface area contributed by atoms with E-state index < -0.39 is 5.82 Å². The predicted octanol–water partition coefficient (Wildman–Crippen LogP) is 2.37. The topological polar surface area (TPSA) is 102 Å². The van der Waals surface area contributed by atoms with Crippen molar-refractivity contribution in [1.82, 2.24) is 20.4 Å². The van der Waals surface area contributed by atoms with E-state index in [9.17, 15) is 14.0 Å². The molecule has 8 heteroatoms. The Morgan fingerprint density at radius 2 is 2.06 bits per heavy atom. The van der Waals surface area contributed by atoms with E-state index in [0.717, 1.165) is 10.9 Å². The zero-order valence-corrected chi connectivity index (χ0v) is 17.1. The van der Waals surface area contributed by atoms with Gasteiger partial charge in [0.05, 0.1) is 28.8 Å². The van der Waals surface area contributed by atoms with Crippen molar-refractivity contribution in [3.63, 3.8) is 0 Å². The van der Waals surface area contributed by atoms with Crippen LogP contribution in [0.3, 0.4) is 0 Å². The van der Waals surface area contributed by atoms with Crippen LogP contribution in [0.4, 0.5) is 4.39 Å². The highest BCUT2D eigenvalue weighted by Gasteiger charge is 2.33. The van der Waals surface area contributed by atoms with E-state index in [0.29, 0.717) is 37.0 Å². The van der Waals surface area contributed by atoms with Crippen LogP contribution in [-0.4, -0.2) is 46.2 Å². The lowest BCUT2D eigenvalue weighted by molar-refractivity contribution is 0.0554. The van der Waals surface area contributed by atoms with Crippen LogP contribution in [0.5, 0.6) is 0 Å². The van der Waals surface area contributed by atoms with E-state index in [1.165, 1.54) is 6.07 Å². The fourth-order valence-corrected chi connectivity index (χ4v) is 3.80. The first kappa shape index (κ1) is 20.7. The van der Waals surface area contributed by atoms with Gasteiger partial charge in [-0.1, -0.05) is 31.2 Å². The van der Waals surface area contributed by atoms with Crippen molar-refractivity contribution in [3.8, 4) is 6.07 Å². The number of H-pyrrole nitrogens is 1. The second-order valence-corrected chi connectivity index (χ2v) is 7.70. The van der Waals surface area contributed by atoms with Gasteiger partial charge in [0.15, 0.2) is 0 Å². The Morgan fingerprint density at radius 3 is 2.77 bits per heavy atom. The lowest BCUT2D eigenvalue weighted by Crippen LogP contribution is -2.61. The van der Waals surface area contributed by atoms with Gasteiger partial charge in [0.2, 0.25) is 0 Å². The summed E-state index contributed by atoms with van der Waals surface area (Å²) in [5.41, 5.74) is 1.12. The molecule has 0 spiro atoms. The molecule has 1 aliphatic rings. The Bertz CT molecular complexity index is 1230. The van der Waals surface area contributed by atoms with E-state index in [4.69, 9.17) is 5.26 Å². The molecule has 158 valence electrons. The maximum Gasteiger partial charge on any atom is 0.272 e. The second kappa shape index (κ2) is 8.66. The van der Waals surface area contributed by atoms with Gasteiger partial charge in [0, 0.05) is 30.9 Å². The number of carbonyl (C=O) groups is 1. The minimum absolute atomic E-state index is 0.0111. The number of nitriles is 1. The summed E-state index contributed by atoms with van der Waals surface area (Å²) in [5, 5.41) is 20.1. The molecule has 1 aliphatic heterocycles. The van der Waals surface area contributed by atoms with Gasteiger partial charge in [0.1, 0.15) is 5.82 Å². The van der Waals surface area contributed by atoms with Crippen molar-refractivity contribution in [3.05, 3.63) is 75.5 Å². The number of nitrogens with one attached hydrogen (secondary N) is 2. The quantitative estimate of drug-likeness (QED) is 0.639. The number of benzene rings is 2. The van der Waals surface area contributed by atoms with E-state index in [-0.39, 0.29) is 29.1 Å². The molecule has 1 atom stereocenters. The summed E-state index contributed by atoms with van der Waals surface area (Å²) in [6, 6.07) is 13.6. The van der Waals surface area contributed by atoms with Gasteiger partial charge in [0.25, 0.3) is 11.5 Å². The Hall–Kier alpha value is -3.57. The first-order valence-corrected chi connectivity index (χ1v) is 10.2. The van der Waals surface area contributed by atoms with Crippen LogP contribution in [0.2, 0.25) is 0 Å². The molecule has 0 bridgehead atoms. The van der Waals surface area contributed by atoms with Crippen LogP contribution in [0.15, 0.2) is 47.3 Å². The largest absolute Gasteiger partial charge is 0.335 e. The van der Waals surface area contributed by atoms with Crippen molar-refractivity contribution in [2.75, 3.05) is 13.1 Å². The standard InChI is InChI=1S/C23H22FN5O2/c1-2-15(11-25)26-16-12-29(13-16)23(31)19-9-14(7-8-20(19)24)10-21-17-5-3-4-6-18(17)22(30)28-27-21/h3-9,15-16,26H,2,10,12-13H2,1H3,(H,28,30). The van der Waals surface area contributed by atoms with E-state index in [1.807, 2.05) is 19.1 Å². The number of hydrogen-bond acceptors (Lipinski definition) is 5. The molecule has 7 nitrogen and oxygen atoms in total. The third kappa shape index (κ3) is 4.18. The molecule has 2 N–H and O–H groups in total. The number of amides is 1. The van der Waals surface area contributed by atoms with Crippen LogP contribution in [-0.2, 0) is 6.42 Å². The van der Waals surface area contributed by atoms with E-state index in [2.05, 4.69) is 21.6 Å². The Morgan fingerprint density at radius 1 is 1.32 bits per heavy atom. The maximum atomic E-state index is 14.4. The molecule has 0 aliphatic carbocycles. The summed E-state index contributed by atoms with van der Waals surface area (Å²) < 4.78 is 14.4. The highest BCUT2D eigenvalue weighted by atomic mass is 19.1. The Balaban J connectivity index is 1.51. The van der Waals surface area contributed by atoms with E-state index >= 15 is 0 Å². The zero-order valence-electron chi connectivity index (χ0n) is 17.1. The molecule has 2 aromatic carbocycles. The number of carbonyl (C=O) groups excluding carboxylic acids is 1.